The van der Waals surface area contributed by atoms with Gasteiger partial charge in [0, 0.05) is 12.6 Å². The number of anilines is 2. The number of carbonyl (C=O) groups excluding carboxylic acids is 2. The Bertz CT molecular complexity index is 1320. The van der Waals surface area contributed by atoms with Crippen LogP contribution in [0.5, 0.6) is 0 Å². The molecule has 5 rings (SSSR count). The zero-order valence-electron chi connectivity index (χ0n) is 19.1. The predicted octanol–water partition coefficient (Wildman–Crippen LogP) is 6.19. The van der Waals surface area contributed by atoms with Gasteiger partial charge >= 0.3 is 0 Å². The number of Topliss-reactive ketones (excluding diaryl/α,β-unsaturated/α-hetero) is 1. The number of ketones is 1. The third kappa shape index (κ3) is 3.95. The van der Waals surface area contributed by atoms with Crippen molar-refractivity contribution in [1.29, 1.82) is 0 Å². The Morgan fingerprint density at radius 2 is 1.47 bits per heavy atom. The molecule has 1 atom stereocenters. The van der Waals surface area contributed by atoms with Crippen LogP contribution in [0.4, 0.5) is 11.4 Å². The van der Waals surface area contributed by atoms with E-state index in [0.29, 0.717) is 9.95 Å². The minimum absolute atomic E-state index is 0.124. The van der Waals surface area contributed by atoms with Crippen molar-refractivity contribution in [3.05, 3.63) is 100 Å². The van der Waals surface area contributed by atoms with E-state index in [4.69, 9.17) is 5.10 Å². The van der Waals surface area contributed by atoms with Gasteiger partial charge in [-0.25, -0.2) is 5.01 Å². The van der Waals surface area contributed by atoms with Gasteiger partial charge in [-0.2, -0.15) is 5.10 Å². The van der Waals surface area contributed by atoms with E-state index in [1.54, 1.807) is 9.91 Å². The molecule has 0 aromatic heterocycles. The van der Waals surface area contributed by atoms with E-state index in [-0.39, 0.29) is 11.7 Å². The van der Waals surface area contributed by atoms with Crippen LogP contribution in [0, 0.1) is 13.8 Å². The van der Waals surface area contributed by atoms with Crippen molar-refractivity contribution < 1.29 is 9.59 Å². The minimum Gasteiger partial charge on any atom is -0.292 e. The Balaban J connectivity index is 1.68. The predicted molar refractivity (Wildman–Crippen MR) is 143 cm³/mol. The van der Waals surface area contributed by atoms with Crippen molar-refractivity contribution in [1.82, 2.24) is 0 Å². The Hall–Kier alpha value is -3.29. The number of hydrogen-bond acceptors (Lipinski definition) is 6. The van der Waals surface area contributed by atoms with Crippen LogP contribution in [0.2, 0.25) is 0 Å². The molecule has 0 saturated carbocycles. The first-order valence-electron chi connectivity index (χ1n) is 10.9. The molecule has 5 nitrogen and oxygen atoms in total. The molecule has 3 aromatic rings. The number of aryl methyl sites for hydroxylation is 2. The summed E-state index contributed by atoms with van der Waals surface area (Å²) in [6, 6.07) is 25.6. The smallest absolute Gasteiger partial charge is 0.268 e. The maximum absolute atomic E-state index is 13.9. The van der Waals surface area contributed by atoms with Crippen molar-refractivity contribution >= 4 is 57.7 Å². The van der Waals surface area contributed by atoms with Gasteiger partial charge in [0.25, 0.3) is 5.91 Å². The van der Waals surface area contributed by atoms with Gasteiger partial charge < -0.3 is 0 Å². The standard InChI is InChI=1S/C27H23N3O2S2/c1-18-9-13-21(14-10-18)17-24-26(32)29(22-7-5-4-6-8-22)27(33-24)30(28-25(34-27)20(3)31)23-15-11-19(2)12-16-23/h4-17H,1-3H3/b24-17+. The summed E-state index contributed by atoms with van der Waals surface area (Å²) in [6.07, 6.45) is 1.91. The molecule has 1 fully saturated rings. The average Bonchev–Trinajstić information content (AvgIpc) is 3.34. The summed E-state index contributed by atoms with van der Waals surface area (Å²) in [5.41, 5.74) is 4.79. The van der Waals surface area contributed by atoms with Crippen LogP contribution >= 0.6 is 23.5 Å². The summed E-state index contributed by atoms with van der Waals surface area (Å²) < 4.78 is -0.995. The molecule has 0 aliphatic carbocycles. The van der Waals surface area contributed by atoms with Crippen LogP contribution in [0.15, 0.2) is 88.9 Å². The van der Waals surface area contributed by atoms with Gasteiger partial charge in [-0.15, -0.1) is 0 Å². The normalized spacial score (nSPS) is 21.0. The van der Waals surface area contributed by atoms with E-state index in [1.807, 2.05) is 98.8 Å². The average molecular weight is 486 g/mol. The molecule has 2 aliphatic rings. The number of hydrogen-bond donors (Lipinski definition) is 0. The molecule has 1 spiro atoms. The summed E-state index contributed by atoms with van der Waals surface area (Å²) in [5, 5.41) is 6.89. The third-order valence-electron chi connectivity index (χ3n) is 5.60. The van der Waals surface area contributed by atoms with Crippen LogP contribution in [0.25, 0.3) is 6.08 Å². The molecule has 34 heavy (non-hydrogen) atoms. The van der Waals surface area contributed by atoms with Crippen molar-refractivity contribution in [3.8, 4) is 0 Å². The van der Waals surface area contributed by atoms with Gasteiger partial charge in [0.2, 0.25) is 4.33 Å². The molecule has 0 radical (unpaired) electrons. The molecule has 170 valence electrons. The second-order valence-electron chi connectivity index (χ2n) is 8.26. The van der Waals surface area contributed by atoms with E-state index in [2.05, 4.69) is 0 Å². The summed E-state index contributed by atoms with van der Waals surface area (Å²) >= 11 is 2.73. The summed E-state index contributed by atoms with van der Waals surface area (Å²) in [4.78, 5) is 28.7. The van der Waals surface area contributed by atoms with Gasteiger partial charge in [0.05, 0.1) is 10.6 Å². The highest BCUT2D eigenvalue weighted by Crippen LogP contribution is 2.59. The first-order chi connectivity index (χ1) is 16.4. The van der Waals surface area contributed by atoms with Gasteiger partial charge in [-0.3, -0.25) is 14.5 Å². The molecule has 2 aliphatic heterocycles. The zero-order valence-corrected chi connectivity index (χ0v) is 20.7. The van der Waals surface area contributed by atoms with Crippen LogP contribution in [0.3, 0.4) is 0 Å². The van der Waals surface area contributed by atoms with Gasteiger partial charge in [-0.1, -0.05) is 77.5 Å². The number of nitrogens with zero attached hydrogens (tertiary/aromatic N) is 3. The van der Waals surface area contributed by atoms with Crippen molar-refractivity contribution in [2.24, 2.45) is 5.10 Å². The number of thioether (sulfide) groups is 2. The topological polar surface area (TPSA) is 53.0 Å². The molecular weight excluding hydrogens is 462 g/mol. The lowest BCUT2D eigenvalue weighted by Crippen LogP contribution is -2.51. The molecule has 1 saturated heterocycles. The Kier molecular flexibility index (Phi) is 5.83. The minimum atomic E-state index is -0.995. The van der Waals surface area contributed by atoms with Crippen molar-refractivity contribution in [2.45, 2.75) is 25.1 Å². The van der Waals surface area contributed by atoms with E-state index >= 15 is 0 Å². The lowest BCUT2D eigenvalue weighted by atomic mass is 10.1. The molecule has 0 N–H and O–H groups in total. The Morgan fingerprint density at radius 1 is 0.853 bits per heavy atom. The lowest BCUT2D eigenvalue weighted by Gasteiger charge is -2.38. The second kappa shape index (κ2) is 8.81. The largest absolute Gasteiger partial charge is 0.292 e. The zero-order chi connectivity index (χ0) is 23.9. The van der Waals surface area contributed by atoms with Crippen LogP contribution in [-0.2, 0) is 9.59 Å². The van der Waals surface area contributed by atoms with E-state index in [1.165, 1.54) is 30.4 Å². The number of para-hydroxylation sites is 1. The molecular formula is C27H23N3O2S2. The lowest BCUT2D eigenvalue weighted by molar-refractivity contribution is -0.114. The fourth-order valence-electron chi connectivity index (χ4n) is 3.83. The molecule has 2 heterocycles. The quantitative estimate of drug-likeness (QED) is 0.412. The number of rotatable bonds is 4. The van der Waals surface area contributed by atoms with Crippen LogP contribution in [0.1, 0.15) is 23.6 Å². The Morgan fingerprint density at radius 3 is 2.09 bits per heavy atom. The van der Waals surface area contributed by atoms with Crippen LogP contribution < -0.4 is 9.91 Å². The third-order valence-corrected chi connectivity index (χ3v) is 8.41. The fraction of sp³-hybridized carbons (Fsp3) is 0.148. The molecule has 1 unspecified atom stereocenters. The highest BCUT2D eigenvalue weighted by Gasteiger charge is 2.59. The van der Waals surface area contributed by atoms with Crippen molar-refractivity contribution in [3.63, 3.8) is 0 Å². The summed E-state index contributed by atoms with van der Waals surface area (Å²) in [6.45, 7) is 5.57. The van der Waals surface area contributed by atoms with Crippen molar-refractivity contribution in [2.75, 3.05) is 9.91 Å². The first kappa shape index (κ1) is 22.5. The number of hydrazone groups is 1. The van der Waals surface area contributed by atoms with E-state index < -0.39 is 4.33 Å². The second-order valence-corrected chi connectivity index (χ2v) is 10.9. The molecule has 7 heteroatoms. The molecule has 1 amide bonds. The number of carbonyl (C=O) groups is 2. The maximum Gasteiger partial charge on any atom is 0.268 e. The summed E-state index contributed by atoms with van der Waals surface area (Å²) in [5.74, 6) is -0.252. The first-order valence-corrected chi connectivity index (χ1v) is 12.5. The SMILES string of the molecule is CC(=O)C1=NN(c2ccc(C)cc2)C2(S1)S/C(=C/c1ccc(C)cc1)C(=O)N2c1ccccc1. The highest BCUT2D eigenvalue weighted by molar-refractivity contribution is 8.29. The Labute approximate surface area is 207 Å². The number of benzene rings is 3. The van der Waals surface area contributed by atoms with E-state index in [9.17, 15) is 9.59 Å². The fourth-order valence-corrected chi connectivity index (χ4v) is 6.71. The molecule has 0 bridgehead atoms. The molecule has 3 aromatic carbocycles. The van der Waals surface area contributed by atoms with E-state index in [0.717, 1.165) is 28.1 Å². The summed E-state index contributed by atoms with van der Waals surface area (Å²) in [7, 11) is 0. The van der Waals surface area contributed by atoms with Gasteiger partial charge in [-0.05, 0) is 61.5 Å². The monoisotopic (exact) mass is 485 g/mol. The van der Waals surface area contributed by atoms with Gasteiger partial charge in [0.15, 0.2) is 10.8 Å². The number of amides is 1. The highest BCUT2D eigenvalue weighted by atomic mass is 32.2. The van der Waals surface area contributed by atoms with Gasteiger partial charge in [0.1, 0.15) is 0 Å². The van der Waals surface area contributed by atoms with Crippen LogP contribution in [-0.4, -0.2) is 21.1 Å². The maximum atomic E-state index is 13.9.